The van der Waals surface area contributed by atoms with Gasteiger partial charge >= 0.3 is 0 Å². The van der Waals surface area contributed by atoms with Crippen LogP contribution in [0.5, 0.6) is 11.5 Å². The van der Waals surface area contributed by atoms with Crippen molar-refractivity contribution in [3.8, 4) is 11.5 Å². The molecule has 0 aliphatic carbocycles. The van der Waals surface area contributed by atoms with Crippen LogP contribution in [0, 0.1) is 5.92 Å². The van der Waals surface area contributed by atoms with Crippen molar-refractivity contribution in [1.29, 1.82) is 0 Å². The first kappa shape index (κ1) is 24.9. The minimum Gasteiger partial charge on any atom is -0.454 e. The lowest BCUT2D eigenvalue weighted by Crippen LogP contribution is -2.49. The van der Waals surface area contributed by atoms with Gasteiger partial charge in [0, 0.05) is 28.0 Å². The van der Waals surface area contributed by atoms with Gasteiger partial charge < -0.3 is 19.7 Å². The first-order valence-electron chi connectivity index (χ1n) is 13.7. The largest absolute Gasteiger partial charge is 0.454 e. The Morgan fingerprint density at radius 2 is 1.60 bits per heavy atom. The van der Waals surface area contributed by atoms with E-state index < -0.39 is 23.4 Å². The normalized spacial score (nSPS) is 24.3. The van der Waals surface area contributed by atoms with Crippen molar-refractivity contribution in [1.82, 2.24) is 4.90 Å². The Hall–Kier alpha value is -4.88. The van der Waals surface area contributed by atoms with Crippen LogP contribution < -0.4 is 14.8 Å². The number of carbonyl (C=O) groups excluding carboxylic acids is 3. The summed E-state index contributed by atoms with van der Waals surface area (Å²) in [6.07, 6.45) is 3.79. The molecule has 4 aromatic rings. The zero-order valence-corrected chi connectivity index (χ0v) is 22.9. The molecule has 4 atom stereocenters. The van der Waals surface area contributed by atoms with E-state index in [9.17, 15) is 14.4 Å². The molecule has 1 fully saturated rings. The molecule has 4 aliphatic heterocycles. The van der Waals surface area contributed by atoms with Gasteiger partial charge in [-0.2, -0.15) is 0 Å². The summed E-state index contributed by atoms with van der Waals surface area (Å²) in [5.74, 6) is -0.953. The van der Waals surface area contributed by atoms with E-state index in [0.29, 0.717) is 38.9 Å². The highest BCUT2D eigenvalue weighted by Crippen LogP contribution is 2.62. The van der Waals surface area contributed by atoms with Crippen molar-refractivity contribution in [2.24, 2.45) is 5.92 Å². The number of carbonyl (C=O) groups is 3. The fourth-order valence-electron chi connectivity index (χ4n) is 7.18. The van der Waals surface area contributed by atoms with Gasteiger partial charge in [-0.3, -0.25) is 14.4 Å². The van der Waals surface area contributed by atoms with Gasteiger partial charge in [0.25, 0.3) is 0 Å². The number of para-hydroxylation sites is 1. The lowest BCUT2D eigenvalue weighted by Gasteiger charge is -2.38. The van der Waals surface area contributed by atoms with Gasteiger partial charge in [0.2, 0.25) is 12.7 Å². The smallest absolute Gasteiger partial charge is 0.238 e. The number of amides is 1. The molecule has 1 amide bonds. The fourth-order valence-corrected chi connectivity index (χ4v) is 7.31. The molecule has 42 heavy (non-hydrogen) atoms. The molecule has 4 aliphatic rings. The summed E-state index contributed by atoms with van der Waals surface area (Å²) in [6, 6.07) is 25.3. The third kappa shape index (κ3) is 3.31. The van der Waals surface area contributed by atoms with Crippen LogP contribution in [0.2, 0.25) is 5.02 Å². The lowest BCUT2D eigenvalue weighted by molar-refractivity contribution is -0.122. The van der Waals surface area contributed by atoms with Gasteiger partial charge in [0.1, 0.15) is 11.5 Å². The molecule has 4 unspecified atom stereocenters. The number of anilines is 1. The van der Waals surface area contributed by atoms with Crippen LogP contribution in [0.4, 0.5) is 5.69 Å². The molecule has 8 rings (SSSR count). The van der Waals surface area contributed by atoms with E-state index in [1.54, 1.807) is 42.5 Å². The SMILES string of the molecule is O=C(c1ccc2c(c1)OCO2)C1C(C(=O)c2ccc(Cl)cc2)C2(C(=O)Nc3ccccc32)C2c3ccccc3C=CN12. The minimum atomic E-state index is -1.40. The predicted molar refractivity (Wildman–Crippen MR) is 157 cm³/mol. The zero-order chi connectivity index (χ0) is 28.6. The quantitative estimate of drug-likeness (QED) is 0.299. The molecule has 1 spiro atoms. The Balaban J connectivity index is 1.40. The van der Waals surface area contributed by atoms with Crippen molar-refractivity contribution in [3.05, 3.63) is 130 Å². The van der Waals surface area contributed by atoms with E-state index in [1.165, 1.54) is 0 Å². The second-order valence-corrected chi connectivity index (χ2v) is 11.3. The monoisotopic (exact) mass is 574 g/mol. The second-order valence-electron chi connectivity index (χ2n) is 10.9. The Kier molecular flexibility index (Phi) is 5.37. The number of Topliss-reactive ketones (excluding diaryl/α,β-unsaturated/α-hetero) is 2. The maximum absolute atomic E-state index is 14.8. The number of halogens is 1. The molecular formula is C34H23ClN2O5. The van der Waals surface area contributed by atoms with Crippen LogP contribution >= 0.6 is 11.6 Å². The summed E-state index contributed by atoms with van der Waals surface area (Å²) in [6.45, 7) is 0.0713. The molecule has 4 heterocycles. The maximum atomic E-state index is 14.8. The number of benzene rings is 4. The summed E-state index contributed by atoms with van der Waals surface area (Å²) in [5, 5.41) is 3.55. The number of hydrogen-bond donors (Lipinski definition) is 1. The third-order valence-corrected chi connectivity index (χ3v) is 9.16. The summed E-state index contributed by atoms with van der Waals surface area (Å²) in [5.41, 5.74) is 2.49. The Morgan fingerprint density at radius 1 is 0.857 bits per heavy atom. The number of ketones is 2. The molecular weight excluding hydrogens is 552 g/mol. The summed E-state index contributed by atoms with van der Waals surface area (Å²) in [4.78, 5) is 45.9. The summed E-state index contributed by atoms with van der Waals surface area (Å²) < 4.78 is 11.0. The van der Waals surface area contributed by atoms with Crippen LogP contribution in [0.15, 0.2) is 97.2 Å². The fraction of sp³-hybridized carbons (Fsp3) is 0.147. The second kappa shape index (κ2) is 9.06. The highest BCUT2D eigenvalue weighted by Gasteiger charge is 2.70. The molecule has 1 saturated heterocycles. The Morgan fingerprint density at radius 3 is 2.45 bits per heavy atom. The van der Waals surface area contributed by atoms with Gasteiger partial charge in [0.15, 0.2) is 23.1 Å². The Bertz CT molecular complexity index is 1850. The molecule has 0 saturated carbocycles. The number of hydrogen-bond acceptors (Lipinski definition) is 6. The van der Waals surface area contributed by atoms with E-state index in [0.717, 1.165) is 11.1 Å². The summed E-state index contributed by atoms with van der Waals surface area (Å²) >= 11 is 6.18. The van der Waals surface area contributed by atoms with E-state index in [-0.39, 0.29) is 24.3 Å². The average Bonchev–Trinajstić information content (AvgIpc) is 3.70. The van der Waals surface area contributed by atoms with Crippen LogP contribution in [-0.2, 0) is 10.2 Å². The van der Waals surface area contributed by atoms with Gasteiger partial charge in [-0.05, 0) is 71.3 Å². The number of nitrogens with zero attached hydrogens (tertiary/aromatic N) is 1. The topological polar surface area (TPSA) is 84.9 Å². The van der Waals surface area contributed by atoms with E-state index in [4.69, 9.17) is 21.1 Å². The molecule has 1 N–H and O–H groups in total. The number of ether oxygens (including phenoxy) is 2. The third-order valence-electron chi connectivity index (χ3n) is 8.91. The van der Waals surface area contributed by atoms with Crippen molar-refractivity contribution >= 4 is 40.8 Å². The van der Waals surface area contributed by atoms with Crippen molar-refractivity contribution in [2.45, 2.75) is 17.5 Å². The summed E-state index contributed by atoms with van der Waals surface area (Å²) in [7, 11) is 0. The molecule has 7 nitrogen and oxygen atoms in total. The Labute approximate surface area is 246 Å². The molecule has 0 aromatic heterocycles. The van der Waals surface area contributed by atoms with Gasteiger partial charge in [-0.1, -0.05) is 54.1 Å². The van der Waals surface area contributed by atoms with Gasteiger partial charge in [0.05, 0.1) is 12.0 Å². The van der Waals surface area contributed by atoms with Crippen LogP contribution in [-0.4, -0.2) is 35.2 Å². The van der Waals surface area contributed by atoms with Gasteiger partial charge in [-0.25, -0.2) is 0 Å². The highest BCUT2D eigenvalue weighted by atomic mass is 35.5. The zero-order valence-electron chi connectivity index (χ0n) is 22.1. The number of fused-ring (bicyclic) bond motifs is 7. The van der Waals surface area contributed by atoms with Gasteiger partial charge in [-0.15, -0.1) is 0 Å². The average molecular weight is 575 g/mol. The molecule has 0 radical (unpaired) electrons. The predicted octanol–water partition coefficient (Wildman–Crippen LogP) is 6.05. The first-order valence-corrected chi connectivity index (χ1v) is 14.1. The lowest BCUT2D eigenvalue weighted by atomic mass is 9.62. The van der Waals surface area contributed by atoms with E-state index >= 15 is 0 Å². The first-order chi connectivity index (χ1) is 20.5. The van der Waals surface area contributed by atoms with Crippen molar-refractivity contribution in [2.75, 3.05) is 12.1 Å². The highest BCUT2D eigenvalue weighted by molar-refractivity contribution is 6.30. The standard InChI is InChI=1S/C34H23ClN2O5/c35-22-12-9-20(10-13-22)30(38)28-29(31(39)21-11-14-26-27(17-21)42-18-41-26)37-16-15-19-5-1-2-6-23(19)32(37)34(28)24-7-3-4-8-25(24)36-33(34)40/h1-17,28-29,32H,18H2,(H,36,40). The molecule has 0 bridgehead atoms. The van der Waals surface area contributed by atoms with Crippen LogP contribution in [0.3, 0.4) is 0 Å². The number of nitrogens with one attached hydrogen (secondary N) is 1. The van der Waals surface area contributed by atoms with Crippen LogP contribution in [0.1, 0.15) is 43.4 Å². The minimum absolute atomic E-state index is 0.0713. The van der Waals surface area contributed by atoms with Crippen molar-refractivity contribution < 1.29 is 23.9 Å². The van der Waals surface area contributed by atoms with E-state index in [2.05, 4.69) is 5.32 Å². The molecule has 8 heteroatoms. The van der Waals surface area contributed by atoms with E-state index in [1.807, 2.05) is 65.7 Å². The maximum Gasteiger partial charge on any atom is 0.238 e. The number of rotatable bonds is 4. The molecule has 206 valence electrons. The van der Waals surface area contributed by atoms with Crippen LogP contribution in [0.25, 0.3) is 6.08 Å². The molecule has 4 aromatic carbocycles. The van der Waals surface area contributed by atoms with Crippen molar-refractivity contribution in [3.63, 3.8) is 0 Å².